The monoisotopic (exact) mass is 275 g/mol. The highest BCUT2D eigenvalue weighted by Crippen LogP contribution is 2.65. The molecule has 4 saturated carbocycles. The van der Waals surface area contributed by atoms with Gasteiger partial charge < -0.3 is 14.8 Å². The van der Waals surface area contributed by atoms with Crippen LogP contribution in [0, 0.1) is 16.7 Å². The lowest BCUT2D eigenvalue weighted by molar-refractivity contribution is -0.104. The molecule has 0 aromatic rings. The first kappa shape index (κ1) is 14.2. The lowest BCUT2D eigenvalue weighted by atomic mass is 9.43. The van der Waals surface area contributed by atoms with Crippen LogP contribution in [-0.2, 0) is 10.4 Å². The SMILES string of the molecule is CC12CC3CC(C)(C1)CC(N)(C3)C2.O=S(=O)([O-])[O-]. The van der Waals surface area contributed by atoms with Gasteiger partial charge in [-0.2, -0.15) is 0 Å². The Morgan fingerprint density at radius 2 is 1.39 bits per heavy atom. The van der Waals surface area contributed by atoms with Gasteiger partial charge in [0.2, 0.25) is 0 Å². The largest absolute Gasteiger partial charge is 0.759 e. The Hall–Kier alpha value is -0.170. The molecule has 0 aromatic heterocycles. The van der Waals surface area contributed by atoms with Crippen molar-refractivity contribution in [1.29, 1.82) is 0 Å². The molecular formula is C12H21NO4S-2. The fraction of sp³-hybridized carbons (Fsp3) is 1.00. The number of nitrogens with two attached hydrogens (primary N) is 1. The molecule has 18 heavy (non-hydrogen) atoms. The van der Waals surface area contributed by atoms with Crippen LogP contribution in [0.25, 0.3) is 0 Å². The summed E-state index contributed by atoms with van der Waals surface area (Å²) >= 11 is 0. The zero-order valence-electron chi connectivity index (χ0n) is 10.9. The Bertz CT molecular complexity index is 388. The molecule has 2 N–H and O–H groups in total. The first-order chi connectivity index (χ1) is 7.91. The van der Waals surface area contributed by atoms with Crippen LogP contribution in [0.3, 0.4) is 0 Å². The molecule has 4 bridgehead atoms. The zero-order chi connectivity index (χ0) is 13.8. The summed E-state index contributed by atoms with van der Waals surface area (Å²) in [6, 6.07) is 0. The van der Waals surface area contributed by atoms with Crippen LogP contribution < -0.4 is 5.73 Å². The molecule has 4 fully saturated rings. The lowest BCUT2D eigenvalue weighted by Gasteiger charge is -2.64. The topological polar surface area (TPSA) is 106 Å². The smallest absolute Gasteiger partial charge is 0.0311 e. The van der Waals surface area contributed by atoms with Crippen LogP contribution in [0.1, 0.15) is 52.4 Å². The minimum Gasteiger partial charge on any atom is -0.759 e. The van der Waals surface area contributed by atoms with E-state index < -0.39 is 10.4 Å². The van der Waals surface area contributed by atoms with Crippen molar-refractivity contribution in [3.8, 4) is 0 Å². The molecular weight excluding hydrogens is 254 g/mol. The van der Waals surface area contributed by atoms with Gasteiger partial charge in [0.15, 0.2) is 0 Å². The van der Waals surface area contributed by atoms with Crippen molar-refractivity contribution in [1.82, 2.24) is 0 Å². The average molecular weight is 275 g/mol. The summed E-state index contributed by atoms with van der Waals surface area (Å²) in [6.07, 6.45) is 8.27. The van der Waals surface area contributed by atoms with Crippen molar-refractivity contribution >= 4 is 10.4 Å². The van der Waals surface area contributed by atoms with Gasteiger partial charge in [-0.1, -0.05) is 13.8 Å². The fourth-order valence-corrected chi connectivity index (χ4v) is 5.54. The van der Waals surface area contributed by atoms with Crippen molar-refractivity contribution < 1.29 is 17.5 Å². The van der Waals surface area contributed by atoms with Gasteiger partial charge in [0, 0.05) is 15.9 Å². The van der Waals surface area contributed by atoms with Crippen LogP contribution in [-0.4, -0.2) is 23.1 Å². The maximum atomic E-state index is 8.52. The third-order valence-electron chi connectivity index (χ3n) is 4.67. The van der Waals surface area contributed by atoms with Gasteiger partial charge in [-0.05, 0) is 55.3 Å². The van der Waals surface area contributed by atoms with Gasteiger partial charge in [-0.3, -0.25) is 8.42 Å². The third-order valence-corrected chi connectivity index (χ3v) is 4.67. The van der Waals surface area contributed by atoms with E-state index in [0.717, 1.165) is 5.92 Å². The van der Waals surface area contributed by atoms with Crippen LogP contribution in [0.15, 0.2) is 0 Å². The molecule has 0 spiro atoms. The van der Waals surface area contributed by atoms with Crippen LogP contribution in [0.4, 0.5) is 0 Å². The van der Waals surface area contributed by atoms with Crippen molar-refractivity contribution in [3.05, 3.63) is 0 Å². The summed E-state index contributed by atoms with van der Waals surface area (Å²) in [5, 5.41) is 0. The van der Waals surface area contributed by atoms with E-state index >= 15 is 0 Å². The standard InChI is InChI=1S/C12H21N.H2O4S/c1-10-3-9-4-11(2,6-10)8-12(13,5-9)7-10;1-5(2,3)4/h9H,3-8,13H2,1-2H3;(H2,1,2,3,4)/p-2. The van der Waals surface area contributed by atoms with Crippen molar-refractivity contribution in [2.45, 2.75) is 57.9 Å². The molecule has 5 nitrogen and oxygen atoms in total. The molecule has 106 valence electrons. The minimum absolute atomic E-state index is 0.225. The quantitative estimate of drug-likeness (QED) is 0.530. The number of rotatable bonds is 0. The van der Waals surface area contributed by atoms with Crippen molar-refractivity contribution in [2.75, 3.05) is 0 Å². The molecule has 0 radical (unpaired) electrons. The Morgan fingerprint density at radius 1 is 1.00 bits per heavy atom. The van der Waals surface area contributed by atoms with Gasteiger partial charge in [-0.15, -0.1) is 0 Å². The Balaban J connectivity index is 0.000000209. The Morgan fingerprint density at radius 3 is 1.67 bits per heavy atom. The van der Waals surface area contributed by atoms with Gasteiger partial charge in [0.05, 0.1) is 0 Å². The summed E-state index contributed by atoms with van der Waals surface area (Å²) in [6.45, 7) is 4.94. The molecule has 4 aliphatic rings. The van der Waals surface area contributed by atoms with E-state index in [1.165, 1.54) is 38.5 Å². The van der Waals surface area contributed by atoms with E-state index in [9.17, 15) is 0 Å². The van der Waals surface area contributed by atoms with E-state index in [1.54, 1.807) is 0 Å². The second kappa shape index (κ2) is 3.91. The van der Waals surface area contributed by atoms with Gasteiger partial charge in [0.1, 0.15) is 0 Å². The molecule has 0 aromatic carbocycles. The summed E-state index contributed by atoms with van der Waals surface area (Å²) < 4.78 is 34.1. The van der Waals surface area contributed by atoms with Crippen LogP contribution in [0.2, 0.25) is 0 Å². The highest BCUT2D eigenvalue weighted by molar-refractivity contribution is 7.79. The first-order valence-corrected chi connectivity index (χ1v) is 7.70. The highest BCUT2D eigenvalue weighted by Gasteiger charge is 2.58. The normalized spacial score (nSPS) is 49.7. The Labute approximate surface area is 109 Å². The lowest BCUT2D eigenvalue weighted by Crippen LogP contribution is -2.62. The van der Waals surface area contributed by atoms with Crippen LogP contribution in [0.5, 0.6) is 0 Å². The molecule has 2 atom stereocenters. The van der Waals surface area contributed by atoms with Gasteiger partial charge >= 0.3 is 0 Å². The molecule has 4 aliphatic carbocycles. The molecule has 2 unspecified atom stereocenters. The molecule has 0 heterocycles. The Kier molecular flexibility index (Phi) is 3.10. The number of hydrogen-bond acceptors (Lipinski definition) is 5. The fourth-order valence-electron chi connectivity index (χ4n) is 5.54. The maximum Gasteiger partial charge on any atom is 0.0311 e. The highest BCUT2D eigenvalue weighted by atomic mass is 32.3. The second-order valence-corrected chi connectivity index (χ2v) is 8.22. The van der Waals surface area contributed by atoms with E-state index in [1.807, 2.05) is 0 Å². The third kappa shape index (κ3) is 3.23. The summed E-state index contributed by atoms with van der Waals surface area (Å²) in [5.41, 5.74) is 7.92. The van der Waals surface area contributed by atoms with Gasteiger partial charge in [-0.25, -0.2) is 0 Å². The predicted molar refractivity (Wildman–Crippen MR) is 64.8 cm³/mol. The van der Waals surface area contributed by atoms with E-state index in [-0.39, 0.29) is 5.54 Å². The summed E-state index contributed by atoms with van der Waals surface area (Å²) in [5.74, 6) is 0.955. The number of hydrogen-bond donors (Lipinski definition) is 1. The second-order valence-electron chi connectivity index (χ2n) is 7.40. The molecule has 4 rings (SSSR count). The molecule has 0 aliphatic heterocycles. The maximum absolute atomic E-state index is 8.52. The van der Waals surface area contributed by atoms with E-state index in [2.05, 4.69) is 13.8 Å². The van der Waals surface area contributed by atoms with E-state index in [4.69, 9.17) is 23.3 Å². The zero-order valence-corrected chi connectivity index (χ0v) is 11.8. The average Bonchev–Trinajstić information content (AvgIpc) is 1.87. The molecule has 0 saturated heterocycles. The summed E-state index contributed by atoms with van der Waals surface area (Å²) in [7, 11) is -5.17. The van der Waals surface area contributed by atoms with E-state index in [0.29, 0.717) is 10.8 Å². The molecule has 0 amide bonds. The van der Waals surface area contributed by atoms with Crippen molar-refractivity contribution in [2.24, 2.45) is 22.5 Å². The first-order valence-electron chi connectivity index (χ1n) is 6.36. The predicted octanol–water partition coefficient (Wildman–Crippen LogP) is 1.36. The van der Waals surface area contributed by atoms with Gasteiger partial charge in [0.25, 0.3) is 0 Å². The molecule has 6 heteroatoms. The van der Waals surface area contributed by atoms with Crippen molar-refractivity contribution in [3.63, 3.8) is 0 Å². The van der Waals surface area contributed by atoms with Crippen LogP contribution >= 0.6 is 0 Å². The minimum atomic E-state index is -5.17. The summed E-state index contributed by atoms with van der Waals surface area (Å²) in [4.78, 5) is 0.